The zero-order valence-electron chi connectivity index (χ0n) is 10.3. The van der Waals surface area contributed by atoms with Gasteiger partial charge in [-0.3, -0.25) is 0 Å². The summed E-state index contributed by atoms with van der Waals surface area (Å²) in [6.45, 7) is 6.75. The Hall–Kier alpha value is -0.123. The molecular formula is C13H21BrOSi. The van der Waals surface area contributed by atoms with Crippen LogP contribution in [-0.2, 0) is 0 Å². The fourth-order valence-corrected chi connectivity index (χ4v) is 4.76. The third-order valence-corrected chi connectivity index (χ3v) is 7.09. The topological polar surface area (TPSA) is 20.2 Å². The van der Waals surface area contributed by atoms with Crippen molar-refractivity contribution in [3.05, 3.63) is 34.3 Å². The number of benzene rings is 1. The van der Waals surface area contributed by atoms with E-state index in [1.165, 1.54) is 18.9 Å². The Morgan fingerprint density at radius 1 is 1.25 bits per heavy atom. The van der Waals surface area contributed by atoms with Crippen molar-refractivity contribution < 1.29 is 5.11 Å². The Bertz CT molecular complexity index is 321. The predicted octanol–water partition coefficient (Wildman–Crippen LogP) is 4.53. The number of aliphatic hydroxyl groups is 1. The lowest BCUT2D eigenvalue weighted by atomic mass is 10.2. The van der Waals surface area contributed by atoms with E-state index in [-0.39, 0.29) is 5.73 Å². The molecule has 0 aliphatic carbocycles. The Kier molecular flexibility index (Phi) is 5.22. The molecule has 1 aromatic carbocycles. The predicted molar refractivity (Wildman–Crippen MR) is 76.3 cm³/mol. The molecule has 0 amide bonds. The van der Waals surface area contributed by atoms with E-state index < -0.39 is 8.07 Å². The Morgan fingerprint density at radius 2 is 1.81 bits per heavy atom. The summed E-state index contributed by atoms with van der Waals surface area (Å²) < 4.78 is 1.07. The third kappa shape index (κ3) is 3.72. The van der Waals surface area contributed by atoms with Gasteiger partial charge in [-0.15, -0.1) is 0 Å². The maximum Gasteiger partial charge on any atom is 0.0869 e. The second kappa shape index (κ2) is 5.99. The number of rotatable bonds is 5. The summed E-state index contributed by atoms with van der Waals surface area (Å²) in [6.07, 6.45) is 2.44. The summed E-state index contributed by atoms with van der Waals surface area (Å²) in [7, 11) is -1.55. The SMILES string of the molecule is CCCC[Si](C)(C)C(O)c1ccc(Br)cc1. The van der Waals surface area contributed by atoms with Crippen molar-refractivity contribution in [2.24, 2.45) is 0 Å². The van der Waals surface area contributed by atoms with Crippen molar-refractivity contribution in [1.82, 2.24) is 0 Å². The van der Waals surface area contributed by atoms with Crippen molar-refractivity contribution in [3.8, 4) is 0 Å². The minimum Gasteiger partial charge on any atom is -0.392 e. The molecule has 0 aliphatic rings. The van der Waals surface area contributed by atoms with E-state index in [1.807, 2.05) is 24.3 Å². The van der Waals surface area contributed by atoms with Crippen LogP contribution in [0.1, 0.15) is 31.1 Å². The maximum atomic E-state index is 10.4. The van der Waals surface area contributed by atoms with Gasteiger partial charge in [0.2, 0.25) is 0 Å². The van der Waals surface area contributed by atoms with Crippen molar-refractivity contribution in [3.63, 3.8) is 0 Å². The van der Waals surface area contributed by atoms with Gasteiger partial charge in [0.25, 0.3) is 0 Å². The van der Waals surface area contributed by atoms with Gasteiger partial charge < -0.3 is 5.11 Å². The molecule has 0 saturated heterocycles. The summed E-state index contributed by atoms with van der Waals surface area (Å²) in [6, 6.07) is 9.25. The van der Waals surface area contributed by atoms with E-state index in [0.717, 1.165) is 10.0 Å². The molecule has 0 spiro atoms. The first kappa shape index (κ1) is 13.9. The van der Waals surface area contributed by atoms with Gasteiger partial charge in [-0.25, -0.2) is 0 Å². The molecule has 0 fully saturated rings. The van der Waals surface area contributed by atoms with Crippen LogP contribution >= 0.6 is 15.9 Å². The molecule has 1 unspecified atom stereocenters. The lowest BCUT2D eigenvalue weighted by Crippen LogP contribution is -2.34. The minimum absolute atomic E-state index is 0.243. The van der Waals surface area contributed by atoms with E-state index >= 15 is 0 Å². The number of unbranched alkanes of at least 4 members (excludes halogenated alkanes) is 1. The molecule has 90 valence electrons. The van der Waals surface area contributed by atoms with Crippen LogP contribution in [0.25, 0.3) is 0 Å². The van der Waals surface area contributed by atoms with Gasteiger partial charge in [-0.05, 0) is 17.7 Å². The monoisotopic (exact) mass is 300 g/mol. The van der Waals surface area contributed by atoms with Crippen molar-refractivity contribution in [2.45, 2.75) is 44.6 Å². The average Bonchev–Trinajstić information content (AvgIpc) is 2.26. The molecule has 16 heavy (non-hydrogen) atoms. The lowest BCUT2D eigenvalue weighted by molar-refractivity contribution is 0.248. The number of hydrogen-bond donors (Lipinski definition) is 1. The third-order valence-electron chi connectivity index (χ3n) is 3.10. The van der Waals surface area contributed by atoms with E-state index in [4.69, 9.17) is 0 Å². The Morgan fingerprint density at radius 3 is 2.31 bits per heavy atom. The van der Waals surface area contributed by atoms with Gasteiger partial charge in [0, 0.05) is 4.47 Å². The average molecular weight is 301 g/mol. The van der Waals surface area contributed by atoms with Crippen molar-refractivity contribution in [1.29, 1.82) is 0 Å². The van der Waals surface area contributed by atoms with Gasteiger partial charge in [-0.2, -0.15) is 0 Å². The molecule has 0 saturated carbocycles. The van der Waals surface area contributed by atoms with Crippen LogP contribution in [0.5, 0.6) is 0 Å². The van der Waals surface area contributed by atoms with Gasteiger partial charge in [0.1, 0.15) is 0 Å². The van der Waals surface area contributed by atoms with E-state index in [1.54, 1.807) is 0 Å². The van der Waals surface area contributed by atoms with Crippen molar-refractivity contribution >= 4 is 24.0 Å². The quantitative estimate of drug-likeness (QED) is 0.792. The summed E-state index contributed by atoms with van der Waals surface area (Å²) in [5.41, 5.74) is 0.822. The summed E-state index contributed by atoms with van der Waals surface area (Å²) >= 11 is 3.42. The Labute approximate surface area is 108 Å². The highest BCUT2D eigenvalue weighted by Gasteiger charge is 2.30. The van der Waals surface area contributed by atoms with Gasteiger partial charge in [0.05, 0.1) is 13.8 Å². The normalized spacial score (nSPS) is 13.8. The molecule has 1 nitrogen and oxygen atoms in total. The number of hydrogen-bond acceptors (Lipinski definition) is 1. The van der Waals surface area contributed by atoms with Gasteiger partial charge in [-0.1, -0.05) is 67.0 Å². The van der Waals surface area contributed by atoms with E-state index in [0.29, 0.717) is 0 Å². The molecule has 1 N–H and O–H groups in total. The van der Waals surface area contributed by atoms with E-state index in [2.05, 4.69) is 35.9 Å². The molecule has 1 atom stereocenters. The molecule has 3 heteroatoms. The second-order valence-electron chi connectivity index (χ2n) is 5.05. The van der Waals surface area contributed by atoms with Crippen LogP contribution in [-0.4, -0.2) is 13.2 Å². The van der Waals surface area contributed by atoms with E-state index in [9.17, 15) is 5.11 Å². The maximum absolute atomic E-state index is 10.4. The molecule has 1 aromatic rings. The summed E-state index contributed by atoms with van der Waals surface area (Å²) in [5, 5.41) is 10.4. The summed E-state index contributed by atoms with van der Waals surface area (Å²) in [4.78, 5) is 0. The first-order valence-corrected chi connectivity index (χ1v) is 9.98. The number of halogens is 1. The fraction of sp³-hybridized carbons (Fsp3) is 0.538. The van der Waals surface area contributed by atoms with Crippen molar-refractivity contribution in [2.75, 3.05) is 0 Å². The van der Waals surface area contributed by atoms with Crippen LogP contribution in [0, 0.1) is 0 Å². The Balaban J connectivity index is 2.75. The largest absolute Gasteiger partial charge is 0.392 e. The minimum atomic E-state index is -1.55. The smallest absolute Gasteiger partial charge is 0.0869 e. The zero-order chi connectivity index (χ0) is 12.2. The first-order valence-electron chi connectivity index (χ1n) is 5.91. The molecule has 0 bridgehead atoms. The van der Waals surface area contributed by atoms with Crippen LogP contribution in [0.15, 0.2) is 28.7 Å². The number of aliphatic hydroxyl groups excluding tert-OH is 1. The van der Waals surface area contributed by atoms with Crippen LogP contribution in [0.2, 0.25) is 19.1 Å². The van der Waals surface area contributed by atoms with Gasteiger partial charge in [0.15, 0.2) is 0 Å². The zero-order valence-corrected chi connectivity index (χ0v) is 12.9. The highest BCUT2D eigenvalue weighted by Crippen LogP contribution is 2.29. The lowest BCUT2D eigenvalue weighted by Gasteiger charge is -2.28. The second-order valence-corrected chi connectivity index (χ2v) is 11.0. The van der Waals surface area contributed by atoms with Crippen LogP contribution < -0.4 is 0 Å². The molecule has 0 heterocycles. The first-order chi connectivity index (χ1) is 7.47. The summed E-state index contributed by atoms with van der Waals surface area (Å²) in [5.74, 6) is 0. The fourth-order valence-electron chi connectivity index (χ4n) is 1.87. The molecule has 1 rings (SSSR count). The highest BCUT2D eigenvalue weighted by molar-refractivity contribution is 9.10. The standard InChI is InChI=1S/C13H21BrOSi/c1-4-5-10-16(2,3)13(15)11-6-8-12(14)9-7-11/h6-9,13,15H,4-5,10H2,1-3H3. The molecular weight excluding hydrogens is 280 g/mol. The van der Waals surface area contributed by atoms with Gasteiger partial charge >= 0.3 is 0 Å². The molecule has 0 aliphatic heterocycles. The van der Waals surface area contributed by atoms with Crippen LogP contribution in [0.3, 0.4) is 0 Å². The van der Waals surface area contributed by atoms with Crippen LogP contribution in [0.4, 0.5) is 0 Å². The molecule has 0 aromatic heterocycles. The highest BCUT2D eigenvalue weighted by atomic mass is 79.9. The molecule has 0 radical (unpaired) electrons.